The van der Waals surface area contributed by atoms with Crippen molar-refractivity contribution in [1.29, 1.82) is 0 Å². The van der Waals surface area contributed by atoms with Crippen LogP contribution in [0.25, 0.3) is 0 Å². The van der Waals surface area contributed by atoms with Crippen molar-refractivity contribution >= 4 is 27.8 Å². The van der Waals surface area contributed by atoms with Gasteiger partial charge < -0.3 is 10.5 Å². The third kappa shape index (κ3) is 4.72. The summed E-state index contributed by atoms with van der Waals surface area (Å²) < 4.78 is 32.6. The van der Waals surface area contributed by atoms with E-state index in [1.807, 2.05) is 43.3 Å². The summed E-state index contributed by atoms with van der Waals surface area (Å²) in [6.45, 7) is 2.05. The Hall–Kier alpha value is -2.55. The van der Waals surface area contributed by atoms with E-state index in [-0.39, 0.29) is 17.1 Å². The minimum absolute atomic E-state index is 0.111. The second-order valence-corrected chi connectivity index (χ2v) is 9.52. The number of thioether (sulfide) groups is 1. The van der Waals surface area contributed by atoms with Crippen molar-refractivity contribution < 1.29 is 17.9 Å². The fourth-order valence-corrected chi connectivity index (χ4v) is 5.65. The summed E-state index contributed by atoms with van der Waals surface area (Å²) in [5, 5.41) is 0. The van der Waals surface area contributed by atoms with Gasteiger partial charge in [0.05, 0.1) is 18.0 Å². The third-order valence-corrected chi connectivity index (χ3v) is 7.42. The number of carbonyl (C=O) groups is 1. The van der Waals surface area contributed by atoms with Gasteiger partial charge in [0.2, 0.25) is 10.0 Å². The molecule has 1 unspecified atom stereocenters. The molecule has 0 bridgehead atoms. The number of benzene rings is 2. The molecule has 0 aromatic heterocycles. The first-order chi connectivity index (χ1) is 13.8. The molecule has 1 atom stereocenters. The van der Waals surface area contributed by atoms with Crippen molar-refractivity contribution in [3.63, 3.8) is 0 Å². The van der Waals surface area contributed by atoms with E-state index in [1.165, 1.54) is 23.2 Å². The van der Waals surface area contributed by atoms with E-state index in [2.05, 4.69) is 4.74 Å². The molecule has 1 aliphatic rings. The van der Waals surface area contributed by atoms with Crippen molar-refractivity contribution in [2.75, 3.05) is 13.7 Å². The molecule has 152 valence electrons. The predicted octanol–water partition coefficient (Wildman–Crippen LogP) is 3.06. The Balaban J connectivity index is 1.99. The van der Waals surface area contributed by atoms with Crippen LogP contribution in [0.15, 0.2) is 87.1 Å². The van der Waals surface area contributed by atoms with E-state index in [0.29, 0.717) is 0 Å². The van der Waals surface area contributed by atoms with Gasteiger partial charge in [-0.05, 0) is 31.2 Å². The van der Waals surface area contributed by atoms with Crippen molar-refractivity contribution in [1.82, 2.24) is 4.31 Å². The lowest BCUT2D eigenvalue weighted by atomic mass is 10.2. The van der Waals surface area contributed by atoms with Crippen LogP contribution in [0.1, 0.15) is 5.56 Å². The van der Waals surface area contributed by atoms with E-state index < -0.39 is 22.0 Å². The highest BCUT2D eigenvalue weighted by molar-refractivity contribution is 8.03. The van der Waals surface area contributed by atoms with Crippen LogP contribution in [0, 0.1) is 6.92 Å². The van der Waals surface area contributed by atoms with Gasteiger partial charge in [0, 0.05) is 28.1 Å². The lowest BCUT2D eigenvalue weighted by Gasteiger charge is -2.27. The van der Waals surface area contributed by atoms with Crippen LogP contribution in [-0.2, 0) is 19.6 Å². The standard InChI is InChI=1S/C21H22N2O4S2/c1-15-8-10-17(11-9-15)29(25,26)23-13-12-19(28-16-6-4-3-5-7-16)21(23)18(22)14-20(24)27-2/h3-12,14,21H,13,22H2,1-2H3/b18-14-. The summed E-state index contributed by atoms with van der Waals surface area (Å²) in [5.74, 6) is -0.633. The van der Waals surface area contributed by atoms with E-state index >= 15 is 0 Å². The SMILES string of the molecule is COC(=O)/C=C(\N)C1C(Sc2ccccc2)=CCN1S(=O)(=O)c1ccc(C)cc1. The molecule has 0 saturated carbocycles. The number of ether oxygens (including phenoxy) is 1. The molecule has 2 aromatic carbocycles. The predicted molar refractivity (Wildman–Crippen MR) is 114 cm³/mol. The molecule has 2 aromatic rings. The number of esters is 1. The second-order valence-electron chi connectivity index (χ2n) is 6.48. The van der Waals surface area contributed by atoms with Crippen LogP contribution in [0.2, 0.25) is 0 Å². The minimum Gasteiger partial charge on any atom is -0.466 e. The van der Waals surface area contributed by atoms with E-state index in [4.69, 9.17) is 5.73 Å². The number of hydrogen-bond acceptors (Lipinski definition) is 6. The van der Waals surface area contributed by atoms with Crippen LogP contribution >= 0.6 is 11.8 Å². The quantitative estimate of drug-likeness (QED) is 0.560. The zero-order valence-electron chi connectivity index (χ0n) is 16.1. The monoisotopic (exact) mass is 430 g/mol. The van der Waals surface area contributed by atoms with Crippen LogP contribution < -0.4 is 5.73 Å². The number of hydrogen-bond donors (Lipinski definition) is 1. The Morgan fingerprint density at radius 3 is 2.45 bits per heavy atom. The lowest BCUT2D eigenvalue weighted by molar-refractivity contribution is -0.134. The summed E-state index contributed by atoms with van der Waals surface area (Å²) in [6, 6.07) is 15.4. The first-order valence-electron chi connectivity index (χ1n) is 8.89. The number of carbonyl (C=O) groups excluding carboxylic acids is 1. The van der Waals surface area contributed by atoms with Gasteiger partial charge in [-0.25, -0.2) is 13.2 Å². The summed E-state index contributed by atoms with van der Waals surface area (Å²) in [4.78, 5) is 13.6. The topological polar surface area (TPSA) is 89.7 Å². The Morgan fingerprint density at radius 1 is 1.17 bits per heavy atom. The van der Waals surface area contributed by atoms with Crippen molar-refractivity contribution in [2.24, 2.45) is 5.73 Å². The largest absolute Gasteiger partial charge is 0.466 e. The fraction of sp³-hybridized carbons (Fsp3) is 0.190. The average molecular weight is 431 g/mol. The number of sulfonamides is 1. The molecule has 0 saturated heterocycles. The van der Waals surface area contributed by atoms with Gasteiger partial charge in [-0.2, -0.15) is 4.31 Å². The van der Waals surface area contributed by atoms with Gasteiger partial charge >= 0.3 is 5.97 Å². The minimum atomic E-state index is -3.82. The van der Waals surface area contributed by atoms with Gasteiger partial charge in [0.1, 0.15) is 0 Å². The Morgan fingerprint density at radius 2 is 1.83 bits per heavy atom. The first-order valence-corrected chi connectivity index (χ1v) is 11.1. The average Bonchev–Trinajstić information content (AvgIpc) is 3.13. The highest BCUT2D eigenvalue weighted by Crippen LogP contribution is 2.38. The molecule has 0 radical (unpaired) electrons. The van der Waals surface area contributed by atoms with E-state index in [9.17, 15) is 13.2 Å². The first kappa shape index (κ1) is 21.2. The molecular weight excluding hydrogens is 408 g/mol. The van der Waals surface area contributed by atoms with Crippen molar-refractivity contribution in [2.45, 2.75) is 22.8 Å². The molecular formula is C21H22N2O4S2. The van der Waals surface area contributed by atoms with Gasteiger partial charge in [0.25, 0.3) is 0 Å². The third-order valence-electron chi connectivity index (χ3n) is 4.44. The highest BCUT2D eigenvalue weighted by Gasteiger charge is 2.39. The summed E-state index contributed by atoms with van der Waals surface area (Å²) >= 11 is 1.42. The smallest absolute Gasteiger partial charge is 0.332 e. The van der Waals surface area contributed by atoms with Gasteiger partial charge in [-0.15, -0.1) is 0 Å². The fourth-order valence-electron chi connectivity index (χ4n) is 2.95. The number of rotatable bonds is 6. The van der Waals surface area contributed by atoms with Crippen LogP contribution in [-0.4, -0.2) is 38.4 Å². The summed E-state index contributed by atoms with van der Waals surface area (Å²) in [6.07, 6.45) is 2.96. The molecule has 3 rings (SSSR count). The highest BCUT2D eigenvalue weighted by atomic mass is 32.2. The Labute approximate surface area is 175 Å². The van der Waals surface area contributed by atoms with E-state index in [1.54, 1.807) is 24.3 Å². The second kappa shape index (κ2) is 8.86. The molecule has 0 fully saturated rings. The molecule has 0 amide bonds. The normalized spacial score (nSPS) is 17.8. The van der Waals surface area contributed by atoms with Gasteiger partial charge in [0.15, 0.2) is 0 Å². The Kier molecular flexibility index (Phi) is 6.46. The molecule has 29 heavy (non-hydrogen) atoms. The maximum Gasteiger partial charge on any atom is 0.332 e. The number of nitrogens with zero attached hydrogens (tertiary/aromatic N) is 1. The lowest BCUT2D eigenvalue weighted by Crippen LogP contribution is -2.40. The maximum absolute atomic E-state index is 13.3. The number of nitrogens with two attached hydrogens (primary N) is 1. The van der Waals surface area contributed by atoms with Gasteiger partial charge in [-0.1, -0.05) is 53.7 Å². The molecule has 1 aliphatic heterocycles. The van der Waals surface area contributed by atoms with Crippen molar-refractivity contribution in [3.8, 4) is 0 Å². The number of aryl methyl sites for hydroxylation is 1. The zero-order valence-corrected chi connectivity index (χ0v) is 17.7. The van der Waals surface area contributed by atoms with Crippen LogP contribution in [0.3, 0.4) is 0 Å². The summed E-state index contributed by atoms with van der Waals surface area (Å²) in [7, 11) is -2.58. The molecule has 1 heterocycles. The van der Waals surface area contributed by atoms with Crippen LogP contribution in [0.4, 0.5) is 0 Å². The molecule has 6 nitrogen and oxygen atoms in total. The van der Waals surface area contributed by atoms with Crippen LogP contribution in [0.5, 0.6) is 0 Å². The zero-order chi connectivity index (χ0) is 21.0. The molecule has 0 spiro atoms. The molecule has 0 aliphatic carbocycles. The number of methoxy groups -OCH3 is 1. The Bertz CT molecular complexity index is 1050. The van der Waals surface area contributed by atoms with E-state index in [0.717, 1.165) is 21.4 Å². The van der Waals surface area contributed by atoms with Gasteiger partial charge in [-0.3, -0.25) is 0 Å². The molecule has 8 heteroatoms. The maximum atomic E-state index is 13.3. The molecule has 2 N–H and O–H groups in total. The van der Waals surface area contributed by atoms with Crippen molar-refractivity contribution in [3.05, 3.63) is 82.9 Å². The summed E-state index contributed by atoms with van der Waals surface area (Å²) in [5.41, 5.74) is 7.26.